The summed E-state index contributed by atoms with van der Waals surface area (Å²) in [5.41, 5.74) is 1.06. The molecule has 1 atom stereocenters. The molecule has 1 unspecified atom stereocenters. The van der Waals surface area contributed by atoms with Crippen molar-refractivity contribution < 1.29 is 18.3 Å². The lowest BCUT2D eigenvalue weighted by atomic mass is 9.96. The molecule has 0 amide bonds. The number of benzene rings is 1. The number of nitrogens with zero attached hydrogens (tertiary/aromatic N) is 1. The first-order valence-electron chi connectivity index (χ1n) is 6.70. The van der Waals surface area contributed by atoms with Crippen molar-refractivity contribution in [2.75, 3.05) is 0 Å². The van der Waals surface area contributed by atoms with Crippen LogP contribution in [0.25, 0.3) is 0 Å². The molecule has 2 N–H and O–H groups in total. The van der Waals surface area contributed by atoms with Gasteiger partial charge in [0.05, 0.1) is 0 Å². The summed E-state index contributed by atoms with van der Waals surface area (Å²) in [6, 6.07) is 6.23. The zero-order valence-corrected chi connectivity index (χ0v) is 13.1. The lowest BCUT2D eigenvalue weighted by Crippen LogP contribution is -2.55. The first-order valence-corrected chi connectivity index (χ1v) is 8.14. The average molecular weight is 312 g/mol. The number of hydrogen-bond acceptors (Lipinski definition) is 3. The summed E-state index contributed by atoms with van der Waals surface area (Å²) in [6.07, 6.45) is 0.177. The molecule has 0 bridgehead atoms. The van der Waals surface area contributed by atoms with E-state index in [0.29, 0.717) is 0 Å². The smallest absolute Gasteiger partial charge is 0.322 e. The topological polar surface area (TPSA) is 86.7 Å². The second-order valence-corrected chi connectivity index (χ2v) is 7.85. The molecule has 6 nitrogen and oxygen atoms in total. The molecule has 0 aliphatic carbocycles. The van der Waals surface area contributed by atoms with Crippen LogP contribution < -0.4 is 4.72 Å². The number of aliphatic carboxylic acids is 1. The highest BCUT2D eigenvalue weighted by atomic mass is 32.2. The fourth-order valence-electron chi connectivity index (χ4n) is 2.41. The predicted octanol–water partition coefficient (Wildman–Crippen LogP) is 1.13. The van der Waals surface area contributed by atoms with E-state index in [4.69, 9.17) is 0 Å². The molecule has 0 saturated carbocycles. The van der Waals surface area contributed by atoms with Crippen LogP contribution in [0.5, 0.6) is 0 Å². The Hall–Kier alpha value is -1.44. The number of rotatable bonds is 3. The van der Waals surface area contributed by atoms with Gasteiger partial charge in [-0.3, -0.25) is 4.79 Å². The summed E-state index contributed by atoms with van der Waals surface area (Å²) < 4.78 is 28.5. The summed E-state index contributed by atoms with van der Waals surface area (Å²) in [4.78, 5) is 11.5. The van der Waals surface area contributed by atoms with E-state index in [9.17, 15) is 18.3 Å². The summed E-state index contributed by atoms with van der Waals surface area (Å²) >= 11 is 0. The van der Waals surface area contributed by atoms with Gasteiger partial charge < -0.3 is 5.11 Å². The second kappa shape index (κ2) is 5.40. The van der Waals surface area contributed by atoms with Crippen LogP contribution in [0, 0.1) is 0 Å². The maximum Gasteiger partial charge on any atom is 0.322 e. The molecule has 1 aromatic rings. The van der Waals surface area contributed by atoms with Gasteiger partial charge in [0, 0.05) is 18.5 Å². The second-order valence-electron chi connectivity index (χ2n) is 6.23. The average Bonchev–Trinajstić information content (AvgIpc) is 2.34. The third kappa shape index (κ3) is 3.61. The molecule has 1 aliphatic heterocycles. The van der Waals surface area contributed by atoms with Gasteiger partial charge in [-0.2, -0.15) is 17.4 Å². The van der Waals surface area contributed by atoms with Gasteiger partial charge >= 0.3 is 5.97 Å². The van der Waals surface area contributed by atoms with Crippen LogP contribution in [0.4, 0.5) is 0 Å². The molecule has 1 aliphatic rings. The van der Waals surface area contributed by atoms with E-state index in [1.165, 1.54) is 0 Å². The van der Waals surface area contributed by atoms with Crippen LogP contribution in [0.2, 0.25) is 0 Å². The van der Waals surface area contributed by atoms with Crippen molar-refractivity contribution in [3.05, 3.63) is 35.4 Å². The lowest BCUT2D eigenvalue weighted by Gasteiger charge is -2.35. The summed E-state index contributed by atoms with van der Waals surface area (Å²) in [7, 11) is -3.88. The molecular weight excluding hydrogens is 292 g/mol. The number of carbonyl (C=O) groups is 1. The molecule has 21 heavy (non-hydrogen) atoms. The van der Waals surface area contributed by atoms with Crippen LogP contribution >= 0.6 is 0 Å². The van der Waals surface area contributed by atoms with Gasteiger partial charge in [-0.1, -0.05) is 24.3 Å². The van der Waals surface area contributed by atoms with Gasteiger partial charge in [0.1, 0.15) is 6.04 Å². The highest BCUT2D eigenvalue weighted by Gasteiger charge is 2.40. The zero-order valence-electron chi connectivity index (χ0n) is 12.3. The zero-order chi connectivity index (χ0) is 15.8. The van der Waals surface area contributed by atoms with E-state index in [0.717, 1.165) is 15.4 Å². The normalized spacial score (nSPS) is 20.0. The van der Waals surface area contributed by atoms with Crippen LogP contribution in [0.15, 0.2) is 24.3 Å². The molecule has 2 rings (SSSR count). The van der Waals surface area contributed by atoms with Crippen LogP contribution in [0.3, 0.4) is 0 Å². The van der Waals surface area contributed by atoms with E-state index in [-0.39, 0.29) is 13.0 Å². The minimum atomic E-state index is -3.88. The van der Waals surface area contributed by atoms with Crippen molar-refractivity contribution in [3.8, 4) is 0 Å². The Balaban J connectivity index is 2.39. The maximum atomic E-state index is 12.5. The van der Waals surface area contributed by atoms with Crippen molar-refractivity contribution in [2.24, 2.45) is 0 Å². The lowest BCUT2D eigenvalue weighted by molar-refractivity contribution is -0.141. The Kier molecular flexibility index (Phi) is 4.10. The monoisotopic (exact) mass is 312 g/mol. The minimum absolute atomic E-state index is 0.0680. The van der Waals surface area contributed by atoms with Gasteiger partial charge in [-0.25, -0.2) is 0 Å². The summed E-state index contributed by atoms with van der Waals surface area (Å²) in [6.45, 7) is 5.23. The van der Waals surface area contributed by atoms with Crippen molar-refractivity contribution in [1.82, 2.24) is 9.03 Å². The maximum absolute atomic E-state index is 12.5. The fraction of sp³-hybridized carbons (Fsp3) is 0.500. The number of fused-ring (bicyclic) bond motifs is 1. The van der Waals surface area contributed by atoms with E-state index in [2.05, 4.69) is 4.72 Å². The Morgan fingerprint density at radius 3 is 2.38 bits per heavy atom. The molecule has 116 valence electrons. The number of carboxylic acid groups (broad SMARTS) is 1. The van der Waals surface area contributed by atoms with Gasteiger partial charge in [-0.05, 0) is 31.9 Å². The quantitative estimate of drug-likeness (QED) is 0.876. The van der Waals surface area contributed by atoms with Crippen molar-refractivity contribution in [1.29, 1.82) is 0 Å². The van der Waals surface area contributed by atoms with Gasteiger partial charge in [0.25, 0.3) is 10.2 Å². The number of nitrogens with one attached hydrogen (secondary N) is 1. The Bertz CT molecular complexity index is 649. The first kappa shape index (κ1) is 15.9. The van der Waals surface area contributed by atoms with E-state index < -0.39 is 27.8 Å². The van der Waals surface area contributed by atoms with Crippen LogP contribution in [-0.2, 0) is 28.0 Å². The SMILES string of the molecule is CC(C)(C)NS(=O)(=O)N1Cc2ccccc2CC1C(=O)O. The third-order valence-corrected chi connectivity index (χ3v) is 5.11. The molecule has 0 aromatic heterocycles. The van der Waals surface area contributed by atoms with Crippen molar-refractivity contribution in [3.63, 3.8) is 0 Å². The molecule has 0 radical (unpaired) electrons. The van der Waals surface area contributed by atoms with Crippen molar-refractivity contribution in [2.45, 2.75) is 45.3 Å². The molecule has 7 heteroatoms. The van der Waals surface area contributed by atoms with Crippen LogP contribution in [0.1, 0.15) is 31.9 Å². The Labute approximate surface area is 125 Å². The minimum Gasteiger partial charge on any atom is -0.480 e. The van der Waals surface area contributed by atoms with E-state index >= 15 is 0 Å². The molecule has 1 heterocycles. The molecule has 1 aromatic carbocycles. The molecular formula is C14H20N2O4S. The summed E-state index contributed by atoms with van der Waals surface area (Å²) in [5.74, 6) is -1.14. The standard InChI is InChI=1S/C14H20N2O4S/c1-14(2,3)15-21(19,20)16-9-11-7-5-4-6-10(11)8-12(16)13(17)18/h4-7,12,15H,8-9H2,1-3H3,(H,17,18). The highest BCUT2D eigenvalue weighted by Crippen LogP contribution is 2.26. The number of carboxylic acids is 1. The van der Waals surface area contributed by atoms with Gasteiger partial charge in [0.2, 0.25) is 0 Å². The first-order chi connectivity index (χ1) is 9.60. The molecule has 0 fully saturated rings. The number of hydrogen-bond donors (Lipinski definition) is 2. The summed E-state index contributed by atoms with van der Waals surface area (Å²) in [5, 5.41) is 9.36. The van der Waals surface area contributed by atoms with Gasteiger partial charge in [0.15, 0.2) is 0 Å². The third-order valence-electron chi connectivity index (χ3n) is 3.23. The van der Waals surface area contributed by atoms with E-state index in [1.807, 2.05) is 24.3 Å². The fourth-order valence-corrected chi connectivity index (χ4v) is 4.11. The molecule has 0 spiro atoms. The molecule has 0 saturated heterocycles. The van der Waals surface area contributed by atoms with Crippen LogP contribution in [-0.4, -0.2) is 35.4 Å². The van der Waals surface area contributed by atoms with Gasteiger partial charge in [-0.15, -0.1) is 0 Å². The largest absolute Gasteiger partial charge is 0.480 e. The predicted molar refractivity (Wildman–Crippen MR) is 78.9 cm³/mol. The van der Waals surface area contributed by atoms with E-state index in [1.54, 1.807) is 20.8 Å². The Morgan fingerprint density at radius 2 is 1.86 bits per heavy atom. The highest BCUT2D eigenvalue weighted by molar-refractivity contribution is 7.87. The Morgan fingerprint density at radius 1 is 1.29 bits per heavy atom. The van der Waals surface area contributed by atoms with Crippen molar-refractivity contribution >= 4 is 16.2 Å².